The quantitative estimate of drug-likeness (QED) is 0.466. The van der Waals surface area contributed by atoms with Crippen LogP contribution in [0.4, 0.5) is 10.5 Å². The van der Waals surface area contributed by atoms with E-state index in [4.69, 9.17) is 0 Å². The Morgan fingerprint density at radius 1 is 1.26 bits per heavy atom. The zero-order valence-electron chi connectivity index (χ0n) is 17.2. The van der Waals surface area contributed by atoms with Crippen LogP contribution in [0.5, 0.6) is 0 Å². The van der Waals surface area contributed by atoms with Crippen LogP contribution >= 0.6 is 0 Å². The van der Waals surface area contributed by atoms with Crippen molar-refractivity contribution >= 4 is 17.4 Å². The molecule has 31 heavy (non-hydrogen) atoms. The molecule has 0 aliphatic heterocycles. The summed E-state index contributed by atoms with van der Waals surface area (Å²) in [6.07, 6.45) is 6.22. The van der Waals surface area contributed by atoms with Crippen molar-refractivity contribution in [1.29, 1.82) is 5.26 Å². The highest BCUT2D eigenvalue weighted by atomic mass is 16.2. The SMILES string of the molecule is Cc1cc(C)n2nc(CCCNC(=O)Nc3cccnc3-n3cccn3)c(C#N)c2n1. The largest absolute Gasteiger partial charge is 0.338 e. The van der Waals surface area contributed by atoms with Crippen molar-refractivity contribution in [2.45, 2.75) is 26.7 Å². The van der Waals surface area contributed by atoms with Crippen LogP contribution in [0.15, 0.2) is 42.9 Å². The molecule has 0 radical (unpaired) electrons. The van der Waals surface area contributed by atoms with Gasteiger partial charge in [0.2, 0.25) is 0 Å². The van der Waals surface area contributed by atoms with E-state index in [1.165, 1.54) is 0 Å². The number of aromatic nitrogens is 6. The Bertz CT molecular complexity index is 1270. The molecule has 0 atom stereocenters. The minimum atomic E-state index is -0.343. The third-order valence-corrected chi connectivity index (χ3v) is 4.71. The van der Waals surface area contributed by atoms with Gasteiger partial charge in [0.15, 0.2) is 11.5 Å². The third kappa shape index (κ3) is 4.20. The van der Waals surface area contributed by atoms with Gasteiger partial charge < -0.3 is 10.6 Å². The molecule has 0 fully saturated rings. The summed E-state index contributed by atoms with van der Waals surface area (Å²) >= 11 is 0. The van der Waals surface area contributed by atoms with Crippen molar-refractivity contribution in [2.24, 2.45) is 0 Å². The zero-order valence-corrected chi connectivity index (χ0v) is 17.2. The summed E-state index contributed by atoms with van der Waals surface area (Å²) in [7, 11) is 0. The highest BCUT2D eigenvalue weighted by molar-refractivity contribution is 5.90. The molecule has 0 saturated carbocycles. The van der Waals surface area contributed by atoms with Crippen molar-refractivity contribution in [3.05, 3.63) is 65.5 Å². The Hall–Kier alpha value is -4.26. The lowest BCUT2D eigenvalue weighted by atomic mass is 10.1. The number of carbonyl (C=O) groups excluding carboxylic acids is 1. The van der Waals surface area contributed by atoms with Gasteiger partial charge in [-0.3, -0.25) is 0 Å². The van der Waals surface area contributed by atoms with Crippen molar-refractivity contribution in [3.63, 3.8) is 0 Å². The Balaban J connectivity index is 1.37. The predicted molar refractivity (Wildman–Crippen MR) is 114 cm³/mol. The number of rotatable bonds is 6. The number of nitriles is 1. The summed E-state index contributed by atoms with van der Waals surface area (Å²) in [6, 6.07) is 9.08. The zero-order chi connectivity index (χ0) is 21.8. The maximum Gasteiger partial charge on any atom is 0.319 e. The van der Waals surface area contributed by atoms with Gasteiger partial charge in [-0.1, -0.05) is 0 Å². The first kappa shape index (κ1) is 20.0. The third-order valence-electron chi connectivity index (χ3n) is 4.71. The van der Waals surface area contributed by atoms with Gasteiger partial charge >= 0.3 is 6.03 Å². The number of carbonyl (C=O) groups is 1. The second-order valence-electron chi connectivity index (χ2n) is 7.02. The molecule has 0 saturated heterocycles. The number of amides is 2. The van der Waals surface area contributed by atoms with Gasteiger partial charge in [0.25, 0.3) is 0 Å². The number of fused-ring (bicyclic) bond motifs is 1. The number of hydrogen-bond acceptors (Lipinski definition) is 6. The predicted octanol–water partition coefficient (Wildman–Crippen LogP) is 2.55. The monoisotopic (exact) mass is 415 g/mol. The molecule has 4 rings (SSSR count). The van der Waals surface area contributed by atoms with Crippen LogP contribution in [0.1, 0.15) is 29.1 Å². The maximum absolute atomic E-state index is 12.3. The maximum atomic E-state index is 12.3. The van der Waals surface area contributed by atoms with E-state index in [0.29, 0.717) is 47.8 Å². The number of urea groups is 1. The molecule has 2 N–H and O–H groups in total. The van der Waals surface area contributed by atoms with Crippen LogP contribution in [0.3, 0.4) is 0 Å². The van der Waals surface area contributed by atoms with Crippen LogP contribution < -0.4 is 10.6 Å². The van der Waals surface area contributed by atoms with E-state index in [-0.39, 0.29) is 6.03 Å². The number of nitrogens with one attached hydrogen (secondary N) is 2. The molecule has 10 nitrogen and oxygen atoms in total. The number of hydrogen-bond donors (Lipinski definition) is 2. The molecule has 0 spiro atoms. The van der Waals surface area contributed by atoms with Crippen LogP contribution in [0.2, 0.25) is 0 Å². The van der Waals surface area contributed by atoms with Gasteiger partial charge in [0.05, 0.1) is 11.4 Å². The van der Waals surface area contributed by atoms with Gasteiger partial charge in [0.1, 0.15) is 11.6 Å². The van der Waals surface area contributed by atoms with Crippen LogP contribution in [-0.4, -0.2) is 41.9 Å². The first-order valence-electron chi connectivity index (χ1n) is 9.82. The summed E-state index contributed by atoms with van der Waals surface area (Å²) in [5.41, 5.74) is 4.05. The Morgan fingerprint density at radius 2 is 2.13 bits per heavy atom. The topological polar surface area (TPSA) is 126 Å². The van der Waals surface area contributed by atoms with E-state index in [2.05, 4.69) is 36.9 Å². The van der Waals surface area contributed by atoms with Crippen LogP contribution in [-0.2, 0) is 6.42 Å². The van der Waals surface area contributed by atoms with E-state index in [1.54, 1.807) is 46.0 Å². The summed E-state index contributed by atoms with van der Waals surface area (Å²) < 4.78 is 3.28. The van der Waals surface area contributed by atoms with Crippen molar-refractivity contribution in [1.82, 2.24) is 34.7 Å². The highest BCUT2D eigenvalue weighted by Gasteiger charge is 2.15. The molecule has 0 aromatic carbocycles. The summed E-state index contributed by atoms with van der Waals surface area (Å²) in [6.45, 7) is 4.25. The molecule has 2 amide bonds. The second-order valence-corrected chi connectivity index (χ2v) is 7.02. The number of anilines is 1. The van der Waals surface area contributed by atoms with E-state index >= 15 is 0 Å². The Labute approximate surface area is 178 Å². The molecule has 4 aromatic heterocycles. The lowest BCUT2D eigenvalue weighted by Gasteiger charge is -2.10. The minimum Gasteiger partial charge on any atom is -0.338 e. The smallest absolute Gasteiger partial charge is 0.319 e. The van der Waals surface area contributed by atoms with E-state index in [9.17, 15) is 10.1 Å². The van der Waals surface area contributed by atoms with Gasteiger partial charge in [-0.25, -0.2) is 24.0 Å². The van der Waals surface area contributed by atoms with Crippen LogP contribution in [0.25, 0.3) is 11.5 Å². The van der Waals surface area contributed by atoms with E-state index < -0.39 is 0 Å². The fraction of sp³-hybridized carbons (Fsp3) is 0.238. The molecular formula is C21H21N9O. The molecule has 10 heteroatoms. The fourth-order valence-electron chi connectivity index (χ4n) is 3.35. The first-order valence-corrected chi connectivity index (χ1v) is 9.82. The first-order chi connectivity index (χ1) is 15.1. The van der Waals surface area contributed by atoms with Crippen LogP contribution in [0, 0.1) is 25.2 Å². The number of aryl methyl sites for hydroxylation is 3. The van der Waals surface area contributed by atoms with Crippen molar-refractivity contribution in [3.8, 4) is 11.9 Å². The summed E-state index contributed by atoms with van der Waals surface area (Å²) in [4.78, 5) is 21.0. The average Bonchev–Trinajstić information content (AvgIpc) is 3.39. The normalized spacial score (nSPS) is 10.7. The van der Waals surface area contributed by atoms with E-state index in [0.717, 1.165) is 11.4 Å². The lowest BCUT2D eigenvalue weighted by Crippen LogP contribution is -2.30. The molecule has 0 bridgehead atoms. The summed E-state index contributed by atoms with van der Waals surface area (Å²) in [5.74, 6) is 0.532. The number of pyridine rings is 1. The fourth-order valence-corrected chi connectivity index (χ4v) is 3.35. The highest BCUT2D eigenvalue weighted by Crippen LogP contribution is 2.18. The Morgan fingerprint density at radius 3 is 2.90 bits per heavy atom. The minimum absolute atomic E-state index is 0.343. The molecule has 0 aliphatic rings. The molecule has 156 valence electrons. The standard InChI is InChI=1S/C21H21N9O/c1-14-12-15(2)30-19(26-14)16(13-22)17(28-30)6-3-9-24-21(31)27-18-7-4-8-23-20(18)29-11-5-10-25-29/h4-5,7-8,10-12H,3,6,9H2,1-2H3,(H2,24,27,31). The lowest BCUT2D eigenvalue weighted by molar-refractivity contribution is 0.252. The second kappa shape index (κ2) is 8.62. The average molecular weight is 415 g/mol. The molecule has 4 aromatic rings. The molecular weight excluding hydrogens is 394 g/mol. The molecule has 0 unspecified atom stereocenters. The van der Waals surface area contributed by atoms with Gasteiger partial charge in [0, 0.05) is 36.5 Å². The van der Waals surface area contributed by atoms with Crippen molar-refractivity contribution < 1.29 is 4.79 Å². The summed E-state index contributed by atoms with van der Waals surface area (Å²) in [5, 5.41) is 23.9. The van der Waals surface area contributed by atoms with Gasteiger partial charge in [-0.2, -0.15) is 15.5 Å². The Kier molecular flexibility index (Phi) is 5.57. The van der Waals surface area contributed by atoms with Crippen molar-refractivity contribution in [2.75, 3.05) is 11.9 Å². The van der Waals surface area contributed by atoms with E-state index in [1.807, 2.05) is 19.9 Å². The van der Waals surface area contributed by atoms with Gasteiger partial charge in [-0.15, -0.1) is 0 Å². The molecule has 0 aliphatic carbocycles. The molecule has 4 heterocycles. The van der Waals surface area contributed by atoms with Gasteiger partial charge in [-0.05, 0) is 51.0 Å². The number of nitrogens with zero attached hydrogens (tertiary/aromatic N) is 7.